The number of hydrogen-bond acceptors (Lipinski definition) is 5. The van der Waals surface area contributed by atoms with Gasteiger partial charge in [-0.3, -0.25) is 4.79 Å². The van der Waals surface area contributed by atoms with Crippen molar-refractivity contribution in [3.63, 3.8) is 0 Å². The zero-order valence-electron chi connectivity index (χ0n) is 11.9. The number of benzene rings is 1. The molecular formula is C13H16FN5OS. The predicted molar refractivity (Wildman–Crippen MR) is 79.6 cm³/mol. The molecule has 1 aromatic heterocycles. The molecule has 0 aliphatic rings. The molecule has 1 aromatic carbocycles. The molecule has 6 nitrogen and oxygen atoms in total. The highest BCUT2D eigenvalue weighted by Crippen LogP contribution is 2.25. The standard InChI is InChI=1S/C13H16FN5OS/c1-8(12(20)18(2)3)21-13-17-16-11(19(13)15)9-5-4-6-10(14)7-9/h4-8H,15H2,1-3H3/t8-/m0/s1. The lowest BCUT2D eigenvalue weighted by Crippen LogP contribution is -2.30. The molecule has 0 bridgehead atoms. The number of hydrogen-bond donors (Lipinski definition) is 1. The molecule has 112 valence electrons. The summed E-state index contributed by atoms with van der Waals surface area (Å²) in [7, 11) is 3.37. The van der Waals surface area contributed by atoms with Crippen molar-refractivity contribution in [2.75, 3.05) is 19.9 Å². The first-order chi connectivity index (χ1) is 9.90. The molecule has 1 heterocycles. The van der Waals surface area contributed by atoms with E-state index in [2.05, 4.69) is 10.2 Å². The highest BCUT2D eigenvalue weighted by molar-refractivity contribution is 8.00. The highest BCUT2D eigenvalue weighted by atomic mass is 32.2. The Morgan fingerprint density at radius 3 is 2.76 bits per heavy atom. The van der Waals surface area contributed by atoms with E-state index in [1.807, 2.05) is 0 Å². The molecule has 0 fully saturated rings. The van der Waals surface area contributed by atoms with E-state index < -0.39 is 0 Å². The molecular weight excluding hydrogens is 293 g/mol. The van der Waals surface area contributed by atoms with Crippen LogP contribution in [-0.4, -0.2) is 45.0 Å². The number of nitrogens with zero attached hydrogens (tertiary/aromatic N) is 4. The minimum absolute atomic E-state index is 0.0460. The van der Waals surface area contributed by atoms with Crippen molar-refractivity contribution in [1.82, 2.24) is 19.8 Å². The molecule has 2 rings (SSSR count). The van der Waals surface area contributed by atoms with E-state index in [1.165, 1.54) is 33.5 Å². The van der Waals surface area contributed by atoms with Crippen LogP contribution in [0.4, 0.5) is 4.39 Å². The van der Waals surface area contributed by atoms with Crippen LogP contribution >= 0.6 is 11.8 Å². The van der Waals surface area contributed by atoms with E-state index in [0.29, 0.717) is 16.5 Å². The van der Waals surface area contributed by atoms with Gasteiger partial charge in [0, 0.05) is 19.7 Å². The minimum atomic E-state index is -0.374. The average molecular weight is 309 g/mol. The number of thioether (sulfide) groups is 1. The normalized spacial score (nSPS) is 12.2. The van der Waals surface area contributed by atoms with Crippen LogP contribution in [0, 0.1) is 5.82 Å². The molecule has 0 spiro atoms. The largest absolute Gasteiger partial charge is 0.348 e. The fourth-order valence-corrected chi connectivity index (χ4v) is 2.67. The minimum Gasteiger partial charge on any atom is -0.348 e. The van der Waals surface area contributed by atoms with Gasteiger partial charge in [0.15, 0.2) is 5.82 Å². The zero-order valence-corrected chi connectivity index (χ0v) is 12.8. The third kappa shape index (κ3) is 3.33. The molecule has 1 atom stereocenters. The third-order valence-electron chi connectivity index (χ3n) is 2.82. The van der Waals surface area contributed by atoms with E-state index in [0.717, 1.165) is 0 Å². The van der Waals surface area contributed by atoms with Gasteiger partial charge >= 0.3 is 0 Å². The molecule has 0 saturated heterocycles. The van der Waals surface area contributed by atoms with Gasteiger partial charge in [-0.05, 0) is 19.1 Å². The van der Waals surface area contributed by atoms with Gasteiger partial charge in [-0.1, -0.05) is 23.9 Å². The van der Waals surface area contributed by atoms with Crippen LogP contribution in [0.5, 0.6) is 0 Å². The lowest BCUT2D eigenvalue weighted by Gasteiger charge is -2.15. The fourth-order valence-electron chi connectivity index (χ4n) is 1.75. The first-order valence-corrected chi connectivity index (χ1v) is 7.12. The monoisotopic (exact) mass is 309 g/mol. The number of aromatic nitrogens is 3. The number of carbonyl (C=O) groups excluding carboxylic acids is 1. The molecule has 0 radical (unpaired) electrons. The van der Waals surface area contributed by atoms with Crippen molar-refractivity contribution in [1.29, 1.82) is 0 Å². The Bertz CT molecular complexity index is 658. The number of nitrogens with two attached hydrogens (primary N) is 1. The van der Waals surface area contributed by atoms with Crippen LogP contribution in [-0.2, 0) is 4.79 Å². The lowest BCUT2D eigenvalue weighted by molar-refractivity contribution is -0.127. The maximum absolute atomic E-state index is 13.2. The summed E-state index contributed by atoms with van der Waals surface area (Å²) in [6.07, 6.45) is 0. The molecule has 2 aromatic rings. The second-order valence-electron chi connectivity index (χ2n) is 4.68. The molecule has 2 N–H and O–H groups in total. The maximum Gasteiger partial charge on any atom is 0.235 e. The summed E-state index contributed by atoms with van der Waals surface area (Å²) < 4.78 is 14.5. The second kappa shape index (κ2) is 6.13. The first kappa shape index (κ1) is 15.3. The smallest absolute Gasteiger partial charge is 0.235 e. The van der Waals surface area contributed by atoms with E-state index in [1.54, 1.807) is 33.2 Å². The van der Waals surface area contributed by atoms with E-state index in [4.69, 9.17) is 5.84 Å². The topological polar surface area (TPSA) is 77.0 Å². The van der Waals surface area contributed by atoms with Crippen molar-refractivity contribution < 1.29 is 9.18 Å². The summed E-state index contributed by atoms with van der Waals surface area (Å²) in [6, 6.07) is 5.94. The van der Waals surface area contributed by atoms with Gasteiger partial charge in [-0.25, -0.2) is 9.07 Å². The van der Waals surface area contributed by atoms with Crippen LogP contribution in [0.2, 0.25) is 0 Å². The van der Waals surface area contributed by atoms with Crippen LogP contribution in [0.25, 0.3) is 11.4 Å². The number of carbonyl (C=O) groups is 1. The summed E-state index contributed by atoms with van der Waals surface area (Å²) in [5, 5.41) is 7.98. The van der Waals surface area contributed by atoms with Crippen molar-refractivity contribution in [2.24, 2.45) is 0 Å². The summed E-state index contributed by atoms with van der Waals surface area (Å²) in [5.41, 5.74) is 0.531. The summed E-state index contributed by atoms with van der Waals surface area (Å²) >= 11 is 1.21. The van der Waals surface area contributed by atoms with Crippen LogP contribution < -0.4 is 5.84 Å². The van der Waals surface area contributed by atoms with Crippen LogP contribution in [0.1, 0.15) is 6.92 Å². The van der Waals surface area contributed by atoms with Gasteiger partial charge < -0.3 is 10.7 Å². The SMILES string of the molecule is C[C@H](Sc1nnc(-c2cccc(F)c2)n1N)C(=O)N(C)C. The predicted octanol–water partition coefficient (Wildman–Crippen LogP) is 1.37. The van der Waals surface area contributed by atoms with Gasteiger partial charge in [0.2, 0.25) is 11.1 Å². The Kier molecular flexibility index (Phi) is 4.46. The lowest BCUT2D eigenvalue weighted by atomic mass is 10.2. The molecule has 8 heteroatoms. The van der Waals surface area contributed by atoms with E-state index >= 15 is 0 Å². The molecule has 21 heavy (non-hydrogen) atoms. The van der Waals surface area contributed by atoms with Crippen molar-refractivity contribution in [3.8, 4) is 11.4 Å². The molecule has 1 amide bonds. The van der Waals surface area contributed by atoms with Crippen molar-refractivity contribution in [2.45, 2.75) is 17.3 Å². The summed E-state index contributed by atoms with van der Waals surface area (Å²) in [4.78, 5) is 13.3. The number of amides is 1. The maximum atomic E-state index is 13.2. The van der Waals surface area contributed by atoms with Gasteiger partial charge in [-0.15, -0.1) is 10.2 Å². The number of halogens is 1. The average Bonchev–Trinajstić information content (AvgIpc) is 2.79. The molecule has 0 aliphatic heterocycles. The Morgan fingerprint density at radius 1 is 1.43 bits per heavy atom. The Morgan fingerprint density at radius 2 is 2.14 bits per heavy atom. The molecule has 0 saturated carbocycles. The Labute approximate surface area is 126 Å². The Balaban J connectivity index is 2.23. The van der Waals surface area contributed by atoms with Gasteiger partial charge in [-0.2, -0.15) is 0 Å². The molecule has 0 unspecified atom stereocenters. The van der Waals surface area contributed by atoms with Crippen LogP contribution in [0.15, 0.2) is 29.4 Å². The number of rotatable bonds is 4. The van der Waals surface area contributed by atoms with E-state index in [-0.39, 0.29) is 17.0 Å². The van der Waals surface area contributed by atoms with Crippen LogP contribution in [0.3, 0.4) is 0 Å². The van der Waals surface area contributed by atoms with Crippen molar-refractivity contribution >= 4 is 17.7 Å². The zero-order chi connectivity index (χ0) is 15.6. The van der Waals surface area contributed by atoms with Gasteiger partial charge in [0.05, 0.1) is 5.25 Å². The summed E-state index contributed by atoms with van der Waals surface area (Å²) in [6.45, 7) is 1.77. The molecule has 0 aliphatic carbocycles. The fraction of sp³-hybridized carbons (Fsp3) is 0.308. The third-order valence-corrected chi connectivity index (χ3v) is 3.86. The van der Waals surface area contributed by atoms with Crippen molar-refractivity contribution in [3.05, 3.63) is 30.1 Å². The second-order valence-corrected chi connectivity index (χ2v) is 5.99. The van der Waals surface area contributed by atoms with Gasteiger partial charge in [0.1, 0.15) is 5.82 Å². The quantitative estimate of drug-likeness (QED) is 0.682. The Hall–Kier alpha value is -2.09. The van der Waals surface area contributed by atoms with Gasteiger partial charge in [0.25, 0.3) is 0 Å². The van der Waals surface area contributed by atoms with E-state index in [9.17, 15) is 9.18 Å². The highest BCUT2D eigenvalue weighted by Gasteiger charge is 2.21. The first-order valence-electron chi connectivity index (χ1n) is 6.24. The number of nitrogen functional groups attached to an aromatic ring is 1. The summed E-state index contributed by atoms with van der Waals surface area (Å²) in [5.74, 6) is 5.86.